The fraction of sp³-hybridized carbons (Fsp3) is 0.200. The van der Waals surface area contributed by atoms with Gasteiger partial charge in [-0.1, -0.05) is 36.4 Å². The molecule has 0 aromatic heterocycles. The van der Waals surface area contributed by atoms with Gasteiger partial charge < -0.3 is 5.11 Å². The number of rotatable bonds is 1. The van der Waals surface area contributed by atoms with Crippen LogP contribution in [-0.2, 0) is 6.42 Å². The molecular weight excluding hydrogens is 215 g/mol. The van der Waals surface area contributed by atoms with Crippen molar-refractivity contribution in [1.29, 1.82) is 0 Å². The zero-order valence-corrected chi connectivity index (χ0v) is 9.36. The van der Waals surface area contributed by atoms with Gasteiger partial charge >= 0.3 is 0 Å². The highest BCUT2D eigenvalue weighted by Gasteiger charge is 2.26. The van der Waals surface area contributed by atoms with Gasteiger partial charge in [0.1, 0.15) is 0 Å². The highest BCUT2D eigenvalue weighted by atomic mass is 19.1. The normalized spacial score (nSPS) is 18.1. The van der Waals surface area contributed by atoms with Crippen molar-refractivity contribution in [3.63, 3.8) is 0 Å². The average Bonchev–Trinajstić information content (AvgIpc) is 2.77. The Kier molecular flexibility index (Phi) is 2.36. The molecule has 3 rings (SSSR count). The first-order valence-electron chi connectivity index (χ1n) is 5.82. The van der Waals surface area contributed by atoms with E-state index < -0.39 is 5.82 Å². The monoisotopic (exact) mass is 228 g/mol. The van der Waals surface area contributed by atoms with Crippen LogP contribution in [-0.4, -0.2) is 5.11 Å². The Labute approximate surface area is 99.5 Å². The van der Waals surface area contributed by atoms with E-state index in [4.69, 9.17) is 0 Å². The molecule has 0 saturated heterocycles. The predicted molar refractivity (Wildman–Crippen MR) is 64.7 cm³/mol. The van der Waals surface area contributed by atoms with E-state index in [1.54, 1.807) is 6.07 Å². The van der Waals surface area contributed by atoms with E-state index in [9.17, 15) is 9.50 Å². The Morgan fingerprint density at radius 1 is 1.00 bits per heavy atom. The SMILES string of the molecule is Oc1c(F)cccc1C1CCc2ccccc21. The number of aromatic hydroxyl groups is 1. The van der Waals surface area contributed by atoms with Gasteiger partial charge in [0, 0.05) is 11.5 Å². The molecule has 1 aliphatic rings. The highest BCUT2D eigenvalue weighted by Crippen LogP contribution is 2.41. The number of phenolic OH excluding ortho intramolecular Hbond substituents is 1. The summed E-state index contributed by atoms with van der Waals surface area (Å²) in [4.78, 5) is 0. The molecule has 0 amide bonds. The molecular formula is C15H13FO. The molecule has 2 heteroatoms. The van der Waals surface area contributed by atoms with Crippen LogP contribution in [0.5, 0.6) is 5.75 Å². The summed E-state index contributed by atoms with van der Waals surface area (Å²) in [6, 6.07) is 12.9. The lowest BCUT2D eigenvalue weighted by Gasteiger charge is -2.14. The molecule has 86 valence electrons. The summed E-state index contributed by atoms with van der Waals surface area (Å²) in [6.45, 7) is 0. The van der Waals surface area contributed by atoms with Crippen LogP contribution in [0.1, 0.15) is 29.0 Å². The molecule has 0 radical (unpaired) electrons. The number of hydrogen-bond acceptors (Lipinski definition) is 1. The Balaban J connectivity index is 2.10. The fourth-order valence-electron chi connectivity index (χ4n) is 2.69. The van der Waals surface area contributed by atoms with Gasteiger partial charge in [-0.2, -0.15) is 0 Å². The molecule has 0 fully saturated rings. The third kappa shape index (κ3) is 1.60. The molecule has 0 heterocycles. The van der Waals surface area contributed by atoms with Gasteiger partial charge in [0.05, 0.1) is 0 Å². The quantitative estimate of drug-likeness (QED) is 0.790. The topological polar surface area (TPSA) is 20.2 Å². The number of phenols is 1. The van der Waals surface area contributed by atoms with Crippen LogP contribution >= 0.6 is 0 Å². The minimum Gasteiger partial charge on any atom is -0.505 e. The summed E-state index contributed by atoms with van der Waals surface area (Å²) in [5, 5.41) is 9.81. The molecule has 2 aromatic carbocycles. The molecule has 1 unspecified atom stereocenters. The Bertz CT molecular complexity index is 563. The van der Waals surface area contributed by atoms with Crippen LogP contribution in [0.3, 0.4) is 0 Å². The first-order chi connectivity index (χ1) is 8.27. The van der Waals surface area contributed by atoms with Crippen molar-refractivity contribution in [1.82, 2.24) is 0 Å². The standard InChI is InChI=1S/C15H13FO/c16-14-7-3-6-13(15(14)17)12-9-8-10-4-1-2-5-11(10)12/h1-7,12,17H,8-9H2. The second kappa shape index (κ2) is 3.88. The fourth-order valence-corrected chi connectivity index (χ4v) is 2.69. The lowest BCUT2D eigenvalue weighted by molar-refractivity contribution is 0.423. The molecule has 1 atom stereocenters. The highest BCUT2D eigenvalue weighted by molar-refractivity contribution is 5.47. The number of benzene rings is 2. The summed E-state index contributed by atoms with van der Waals surface area (Å²) < 4.78 is 13.4. The van der Waals surface area contributed by atoms with Crippen molar-refractivity contribution >= 4 is 0 Å². The summed E-state index contributed by atoms with van der Waals surface area (Å²) >= 11 is 0. The van der Waals surface area contributed by atoms with Crippen molar-refractivity contribution in [2.45, 2.75) is 18.8 Å². The largest absolute Gasteiger partial charge is 0.505 e. The summed E-state index contributed by atoms with van der Waals surface area (Å²) in [7, 11) is 0. The van der Waals surface area contributed by atoms with Crippen molar-refractivity contribution in [3.8, 4) is 5.75 Å². The van der Waals surface area contributed by atoms with Gasteiger partial charge in [-0.25, -0.2) is 4.39 Å². The Morgan fingerprint density at radius 3 is 2.65 bits per heavy atom. The zero-order valence-electron chi connectivity index (χ0n) is 9.36. The number of aryl methyl sites for hydroxylation is 1. The van der Waals surface area contributed by atoms with Crippen molar-refractivity contribution in [2.75, 3.05) is 0 Å². The molecule has 0 spiro atoms. The van der Waals surface area contributed by atoms with Crippen LogP contribution in [0.15, 0.2) is 42.5 Å². The molecule has 17 heavy (non-hydrogen) atoms. The minimum atomic E-state index is -0.535. The van der Waals surface area contributed by atoms with E-state index in [1.807, 2.05) is 18.2 Å². The van der Waals surface area contributed by atoms with Crippen molar-refractivity contribution in [3.05, 3.63) is 65.0 Å². The number of halogens is 1. The van der Waals surface area contributed by atoms with E-state index in [0.717, 1.165) is 12.8 Å². The zero-order chi connectivity index (χ0) is 11.8. The van der Waals surface area contributed by atoms with Gasteiger partial charge in [0.2, 0.25) is 0 Å². The van der Waals surface area contributed by atoms with Crippen molar-refractivity contribution in [2.24, 2.45) is 0 Å². The van der Waals surface area contributed by atoms with E-state index in [-0.39, 0.29) is 11.7 Å². The molecule has 1 aliphatic carbocycles. The van der Waals surface area contributed by atoms with Crippen LogP contribution in [0.25, 0.3) is 0 Å². The Morgan fingerprint density at radius 2 is 1.76 bits per heavy atom. The number of fused-ring (bicyclic) bond motifs is 1. The van der Waals surface area contributed by atoms with Crippen LogP contribution in [0.2, 0.25) is 0 Å². The smallest absolute Gasteiger partial charge is 0.165 e. The minimum absolute atomic E-state index is 0.127. The van der Waals surface area contributed by atoms with Gasteiger partial charge in [0.15, 0.2) is 11.6 Å². The van der Waals surface area contributed by atoms with Crippen molar-refractivity contribution < 1.29 is 9.50 Å². The molecule has 0 bridgehead atoms. The van der Waals surface area contributed by atoms with Gasteiger partial charge in [-0.3, -0.25) is 0 Å². The van der Waals surface area contributed by atoms with Gasteiger partial charge in [0.25, 0.3) is 0 Å². The van der Waals surface area contributed by atoms with E-state index >= 15 is 0 Å². The average molecular weight is 228 g/mol. The van der Waals surface area contributed by atoms with Gasteiger partial charge in [-0.05, 0) is 30.0 Å². The lowest BCUT2D eigenvalue weighted by atomic mass is 9.92. The van der Waals surface area contributed by atoms with Crippen LogP contribution in [0.4, 0.5) is 4.39 Å². The first-order valence-corrected chi connectivity index (χ1v) is 5.82. The van der Waals surface area contributed by atoms with E-state index in [2.05, 4.69) is 12.1 Å². The van der Waals surface area contributed by atoms with Crippen LogP contribution < -0.4 is 0 Å². The summed E-state index contributed by atoms with van der Waals surface area (Å²) in [5.41, 5.74) is 3.23. The molecule has 2 aromatic rings. The molecule has 0 aliphatic heterocycles. The third-order valence-corrected chi connectivity index (χ3v) is 3.53. The number of para-hydroxylation sites is 1. The van der Waals surface area contributed by atoms with Crippen LogP contribution in [0, 0.1) is 5.82 Å². The molecule has 1 nitrogen and oxygen atoms in total. The second-order valence-corrected chi connectivity index (χ2v) is 4.47. The summed E-state index contributed by atoms with van der Waals surface area (Å²) in [6.07, 6.45) is 1.94. The maximum Gasteiger partial charge on any atom is 0.165 e. The summed E-state index contributed by atoms with van der Waals surface area (Å²) in [5.74, 6) is -0.608. The van der Waals surface area contributed by atoms with E-state index in [1.165, 1.54) is 17.2 Å². The first kappa shape index (κ1) is 10.3. The second-order valence-electron chi connectivity index (χ2n) is 4.47. The molecule has 0 saturated carbocycles. The molecule has 1 N–H and O–H groups in total. The third-order valence-electron chi connectivity index (χ3n) is 3.53. The predicted octanol–water partition coefficient (Wildman–Crippen LogP) is 3.61. The van der Waals surface area contributed by atoms with E-state index in [0.29, 0.717) is 5.56 Å². The Hall–Kier alpha value is -1.83. The lowest BCUT2D eigenvalue weighted by Crippen LogP contribution is -1.97. The van der Waals surface area contributed by atoms with Gasteiger partial charge in [-0.15, -0.1) is 0 Å². The maximum atomic E-state index is 13.4. The maximum absolute atomic E-state index is 13.4. The number of hydrogen-bond donors (Lipinski definition) is 1.